The minimum atomic E-state index is -0.286. The van der Waals surface area contributed by atoms with E-state index in [-0.39, 0.29) is 12.7 Å². The van der Waals surface area contributed by atoms with Gasteiger partial charge in [0, 0.05) is 17.1 Å². The molecule has 3 nitrogen and oxygen atoms in total. The molecule has 19 heavy (non-hydrogen) atoms. The zero-order valence-corrected chi connectivity index (χ0v) is 11.2. The number of nitrogens with two attached hydrogens (primary N) is 1. The Bertz CT molecular complexity index is 545. The van der Waals surface area contributed by atoms with Gasteiger partial charge in [0.05, 0.1) is 6.61 Å². The second kappa shape index (κ2) is 6.57. The van der Waals surface area contributed by atoms with Crippen LogP contribution in [0, 0.1) is 0 Å². The van der Waals surface area contributed by atoms with Crippen LogP contribution in [0.4, 0.5) is 0 Å². The van der Waals surface area contributed by atoms with Gasteiger partial charge in [-0.15, -0.1) is 0 Å². The molecule has 0 fully saturated rings. The van der Waals surface area contributed by atoms with E-state index in [4.69, 9.17) is 22.1 Å². The summed E-state index contributed by atoms with van der Waals surface area (Å²) >= 11 is 5.97. The van der Waals surface area contributed by atoms with Gasteiger partial charge in [-0.2, -0.15) is 0 Å². The lowest BCUT2D eigenvalue weighted by atomic mass is 10.1. The summed E-state index contributed by atoms with van der Waals surface area (Å²) in [6.07, 6.45) is -0.286. The van der Waals surface area contributed by atoms with Crippen molar-refractivity contribution in [1.29, 1.82) is 0 Å². The Hall–Kier alpha value is -1.55. The van der Waals surface area contributed by atoms with Gasteiger partial charge in [0.25, 0.3) is 0 Å². The van der Waals surface area contributed by atoms with Crippen molar-refractivity contribution in [2.24, 2.45) is 5.73 Å². The number of ether oxygens (including phenoxy) is 1. The number of hydrogen-bond acceptors (Lipinski definition) is 3. The van der Waals surface area contributed by atoms with Crippen LogP contribution in [0.15, 0.2) is 48.5 Å². The smallest absolute Gasteiger partial charge is 0.136 e. The second-order valence-corrected chi connectivity index (χ2v) is 4.60. The van der Waals surface area contributed by atoms with Crippen molar-refractivity contribution in [1.82, 2.24) is 0 Å². The number of hydrogen-bond donors (Lipinski definition) is 2. The molecule has 0 spiro atoms. The number of aliphatic hydroxyl groups excluding tert-OH is 1. The van der Waals surface area contributed by atoms with Gasteiger partial charge in [-0.3, -0.25) is 0 Å². The zero-order valence-electron chi connectivity index (χ0n) is 10.4. The summed E-state index contributed by atoms with van der Waals surface area (Å²) in [6.45, 7) is 0.267. The molecule has 2 rings (SSSR count). The van der Waals surface area contributed by atoms with Crippen molar-refractivity contribution >= 4 is 11.6 Å². The van der Waals surface area contributed by atoms with Crippen molar-refractivity contribution in [2.75, 3.05) is 6.54 Å². The van der Waals surface area contributed by atoms with Gasteiger partial charge < -0.3 is 15.6 Å². The molecule has 1 atom stereocenters. The Morgan fingerprint density at radius 1 is 1.16 bits per heavy atom. The van der Waals surface area contributed by atoms with Gasteiger partial charge in [0.1, 0.15) is 11.9 Å². The monoisotopic (exact) mass is 277 g/mol. The van der Waals surface area contributed by atoms with Crippen LogP contribution in [-0.4, -0.2) is 11.7 Å². The number of para-hydroxylation sites is 1. The van der Waals surface area contributed by atoms with E-state index in [1.807, 2.05) is 42.5 Å². The Labute approximate surface area is 117 Å². The van der Waals surface area contributed by atoms with Gasteiger partial charge in [0.15, 0.2) is 0 Å². The maximum atomic E-state index is 9.29. The summed E-state index contributed by atoms with van der Waals surface area (Å²) in [6, 6.07) is 14.8. The summed E-state index contributed by atoms with van der Waals surface area (Å²) in [5, 5.41) is 9.93. The maximum Gasteiger partial charge on any atom is 0.136 e. The molecule has 0 aliphatic rings. The molecule has 0 aromatic heterocycles. The van der Waals surface area contributed by atoms with Crippen molar-refractivity contribution in [3.05, 3.63) is 64.7 Å². The fourth-order valence-corrected chi connectivity index (χ4v) is 2.06. The quantitative estimate of drug-likeness (QED) is 0.883. The van der Waals surface area contributed by atoms with Crippen LogP contribution in [0.25, 0.3) is 0 Å². The third-order valence-electron chi connectivity index (χ3n) is 2.85. The summed E-state index contributed by atoms with van der Waals surface area (Å²) in [5.74, 6) is 0.639. The van der Waals surface area contributed by atoms with Gasteiger partial charge >= 0.3 is 0 Å². The zero-order chi connectivity index (χ0) is 13.7. The lowest BCUT2D eigenvalue weighted by Crippen LogP contribution is -2.19. The van der Waals surface area contributed by atoms with Crippen LogP contribution < -0.4 is 10.5 Å². The molecular weight excluding hydrogens is 262 g/mol. The average molecular weight is 278 g/mol. The SMILES string of the molecule is NCC(Oc1ccccc1CO)c1cccc(Cl)c1. The van der Waals surface area contributed by atoms with Crippen LogP contribution in [0.2, 0.25) is 5.02 Å². The van der Waals surface area contributed by atoms with E-state index < -0.39 is 0 Å². The topological polar surface area (TPSA) is 55.5 Å². The molecule has 0 aliphatic heterocycles. The fourth-order valence-electron chi connectivity index (χ4n) is 1.86. The van der Waals surface area contributed by atoms with Crippen molar-refractivity contribution in [3.63, 3.8) is 0 Å². The first-order valence-electron chi connectivity index (χ1n) is 6.05. The highest BCUT2D eigenvalue weighted by Crippen LogP contribution is 2.26. The molecule has 0 saturated carbocycles. The summed E-state index contributed by atoms with van der Waals surface area (Å²) < 4.78 is 5.88. The third kappa shape index (κ3) is 3.47. The summed E-state index contributed by atoms with van der Waals surface area (Å²) in [4.78, 5) is 0. The van der Waals surface area contributed by atoms with Gasteiger partial charge in [-0.25, -0.2) is 0 Å². The molecule has 4 heteroatoms. The molecule has 100 valence electrons. The molecule has 0 heterocycles. The van der Waals surface area contributed by atoms with Gasteiger partial charge in [-0.1, -0.05) is 41.9 Å². The molecule has 0 radical (unpaired) electrons. The molecule has 0 saturated heterocycles. The number of rotatable bonds is 5. The molecule has 0 amide bonds. The van der Waals surface area contributed by atoms with E-state index in [1.54, 1.807) is 6.07 Å². The number of halogens is 1. The van der Waals surface area contributed by atoms with Crippen molar-refractivity contribution in [2.45, 2.75) is 12.7 Å². The minimum Gasteiger partial charge on any atom is -0.484 e. The Morgan fingerprint density at radius 2 is 1.95 bits per heavy atom. The van der Waals surface area contributed by atoms with E-state index in [0.29, 0.717) is 17.3 Å². The van der Waals surface area contributed by atoms with E-state index >= 15 is 0 Å². The molecular formula is C15H16ClNO2. The second-order valence-electron chi connectivity index (χ2n) is 4.16. The molecule has 2 aromatic carbocycles. The Balaban J connectivity index is 2.24. The van der Waals surface area contributed by atoms with Crippen LogP contribution in [0.1, 0.15) is 17.2 Å². The Morgan fingerprint density at radius 3 is 2.63 bits per heavy atom. The number of aliphatic hydroxyl groups is 1. The molecule has 3 N–H and O–H groups in total. The average Bonchev–Trinajstić information content (AvgIpc) is 2.45. The summed E-state index contributed by atoms with van der Waals surface area (Å²) in [5.41, 5.74) is 7.42. The van der Waals surface area contributed by atoms with E-state index in [9.17, 15) is 5.11 Å². The third-order valence-corrected chi connectivity index (χ3v) is 3.08. The molecule has 0 aliphatic carbocycles. The normalized spacial score (nSPS) is 12.2. The highest BCUT2D eigenvalue weighted by molar-refractivity contribution is 6.30. The van der Waals surface area contributed by atoms with Gasteiger partial charge in [-0.05, 0) is 23.8 Å². The molecule has 1 unspecified atom stereocenters. The van der Waals surface area contributed by atoms with Crippen LogP contribution in [0.5, 0.6) is 5.75 Å². The highest BCUT2D eigenvalue weighted by Gasteiger charge is 2.13. The van der Waals surface area contributed by atoms with Gasteiger partial charge in [0.2, 0.25) is 0 Å². The number of benzene rings is 2. The maximum absolute atomic E-state index is 9.29. The predicted octanol–water partition coefficient (Wildman–Crippen LogP) is 2.91. The predicted molar refractivity (Wildman–Crippen MR) is 76.2 cm³/mol. The Kier molecular flexibility index (Phi) is 4.80. The lowest BCUT2D eigenvalue weighted by Gasteiger charge is -2.19. The van der Waals surface area contributed by atoms with Crippen molar-refractivity contribution < 1.29 is 9.84 Å². The molecule has 0 bridgehead atoms. The van der Waals surface area contributed by atoms with E-state index in [2.05, 4.69) is 0 Å². The van der Waals surface area contributed by atoms with E-state index in [1.165, 1.54) is 0 Å². The largest absolute Gasteiger partial charge is 0.484 e. The first-order valence-corrected chi connectivity index (χ1v) is 6.43. The minimum absolute atomic E-state index is 0.0665. The van der Waals surface area contributed by atoms with Crippen LogP contribution in [-0.2, 0) is 6.61 Å². The van der Waals surface area contributed by atoms with Crippen LogP contribution >= 0.6 is 11.6 Å². The summed E-state index contributed by atoms with van der Waals surface area (Å²) in [7, 11) is 0. The fraction of sp³-hybridized carbons (Fsp3) is 0.200. The lowest BCUT2D eigenvalue weighted by molar-refractivity contribution is 0.203. The standard InChI is InChI=1S/C15H16ClNO2/c16-13-6-3-5-11(8-13)15(9-17)19-14-7-2-1-4-12(14)10-18/h1-8,15,18H,9-10,17H2. The van der Waals surface area contributed by atoms with Crippen LogP contribution in [0.3, 0.4) is 0 Å². The van der Waals surface area contributed by atoms with Crippen molar-refractivity contribution in [3.8, 4) is 5.75 Å². The molecule has 2 aromatic rings. The van der Waals surface area contributed by atoms with E-state index in [0.717, 1.165) is 11.1 Å². The first kappa shape index (κ1) is 13.9. The highest BCUT2D eigenvalue weighted by atomic mass is 35.5. The first-order chi connectivity index (χ1) is 9.24.